The molecule has 0 unspecified atom stereocenters. The lowest BCUT2D eigenvalue weighted by atomic mass is 10.0. The van der Waals surface area contributed by atoms with Gasteiger partial charge in [-0.05, 0) is 17.7 Å². The van der Waals surface area contributed by atoms with Crippen molar-refractivity contribution in [3.8, 4) is 11.3 Å². The third kappa shape index (κ3) is 4.26. The highest BCUT2D eigenvalue weighted by molar-refractivity contribution is 5.79. The first-order valence-corrected chi connectivity index (χ1v) is 6.73. The van der Waals surface area contributed by atoms with Gasteiger partial charge in [-0.3, -0.25) is 4.79 Å². The first-order chi connectivity index (χ1) is 11.0. The zero-order chi connectivity index (χ0) is 16.8. The molecule has 2 rings (SSSR count). The Balaban J connectivity index is 2.12. The van der Waals surface area contributed by atoms with Gasteiger partial charge in [0.05, 0.1) is 11.7 Å². The summed E-state index contributed by atoms with van der Waals surface area (Å²) in [5.41, 5.74) is 1.62. The second-order valence-electron chi connectivity index (χ2n) is 4.75. The van der Waals surface area contributed by atoms with Crippen LogP contribution in [0.15, 0.2) is 42.6 Å². The maximum Gasteiger partial charge on any atom is 0.315 e. The minimum Gasteiger partial charge on any atom is -0.386 e. The van der Waals surface area contributed by atoms with Crippen LogP contribution in [-0.4, -0.2) is 40.4 Å². The van der Waals surface area contributed by atoms with Crippen LogP contribution in [0, 0.1) is 0 Å². The van der Waals surface area contributed by atoms with Gasteiger partial charge in [-0.25, -0.2) is 4.39 Å². The molecule has 122 valence electrons. The smallest absolute Gasteiger partial charge is 0.315 e. The molecule has 0 aliphatic rings. The largest absolute Gasteiger partial charge is 0.386 e. The van der Waals surface area contributed by atoms with E-state index in [0.29, 0.717) is 5.69 Å². The quantitative estimate of drug-likeness (QED) is 0.850. The summed E-state index contributed by atoms with van der Waals surface area (Å²) < 4.78 is 37.3. The highest BCUT2D eigenvalue weighted by atomic mass is 19.3. The van der Waals surface area contributed by atoms with Crippen LogP contribution in [0.4, 0.5) is 13.2 Å². The van der Waals surface area contributed by atoms with Crippen molar-refractivity contribution in [1.82, 2.24) is 15.5 Å². The van der Waals surface area contributed by atoms with Gasteiger partial charge in [-0.2, -0.15) is 19.0 Å². The predicted octanol–water partition coefficient (Wildman–Crippen LogP) is 1.90. The zero-order valence-electron chi connectivity index (χ0n) is 11.9. The molecule has 5 nitrogen and oxygen atoms in total. The number of aliphatic hydroxyl groups excluding tert-OH is 1. The molecule has 8 heteroatoms. The molecule has 1 aromatic heterocycles. The average Bonchev–Trinajstić information content (AvgIpc) is 2.59. The van der Waals surface area contributed by atoms with E-state index in [2.05, 4.69) is 10.2 Å². The predicted molar refractivity (Wildman–Crippen MR) is 76.3 cm³/mol. The average molecular weight is 325 g/mol. The summed E-state index contributed by atoms with van der Waals surface area (Å²) in [5.74, 6) is -1.62. The summed E-state index contributed by atoms with van der Waals surface area (Å²) in [5, 5.41) is 19.5. The Morgan fingerprint density at radius 3 is 2.43 bits per heavy atom. The molecule has 0 spiro atoms. The van der Waals surface area contributed by atoms with Crippen molar-refractivity contribution in [1.29, 1.82) is 0 Å². The summed E-state index contributed by atoms with van der Waals surface area (Å²) in [6.45, 7) is -1.18. The van der Waals surface area contributed by atoms with Gasteiger partial charge in [0.15, 0.2) is 0 Å². The number of amides is 1. The van der Waals surface area contributed by atoms with E-state index in [4.69, 9.17) is 0 Å². The Morgan fingerprint density at radius 1 is 1.22 bits per heavy atom. The molecule has 0 fully saturated rings. The number of hydrogen-bond acceptors (Lipinski definition) is 4. The Bertz CT molecular complexity index is 638. The lowest BCUT2D eigenvalue weighted by Crippen LogP contribution is -2.43. The highest BCUT2D eigenvalue weighted by Gasteiger charge is 2.26. The number of hydrogen-bond donors (Lipinski definition) is 2. The van der Waals surface area contributed by atoms with Gasteiger partial charge in [-0.1, -0.05) is 24.3 Å². The molecular weight excluding hydrogens is 311 g/mol. The molecule has 0 radical (unpaired) electrons. The van der Waals surface area contributed by atoms with Crippen LogP contribution >= 0.6 is 0 Å². The molecular formula is C15H14F3N3O2. The maximum absolute atomic E-state index is 12.9. The summed E-state index contributed by atoms with van der Waals surface area (Å²) in [6, 6.07) is 8.28. The number of benzene rings is 1. The molecule has 1 heterocycles. The fourth-order valence-electron chi connectivity index (χ4n) is 1.99. The van der Waals surface area contributed by atoms with E-state index in [9.17, 15) is 23.1 Å². The van der Waals surface area contributed by atoms with Crippen molar-refractivity contribution in [2.45, 2.75) is 18.6 Å². The number of carbonyl (C=O) groups excluding carboxylic acids is 1. The molecule has 0 saturated carbocycles. The highest BCUT2D eigenvalue weighted by Crippen LogP contribution is 2.22. The Labute approximate surface area is 130 Å². The van der Waals surface area contributed by atoms with Crippen molar-refractivity contribution in [2.75, 3.05) is 6.67 Å². The lowest BCUT2D eigenvalue weighted by molar-refractivity contribution is -0.133. The van der Waals surface area contributed by atoms with E-state index in [0.717, 1.165) is 5.56 Å². The minimum atomic E-state index is -3.27. The third-order valence-corrected chi connectivity index (χ3v) is 3.19. The number of aromatic nitrogens is 2. The number of halogens is 3. The minimum absolute atomic E-state index is 0.287. The van der Waals surface area contributed by atoms with E-state index < -0.39 is 31.2 Å². The Kier molecular flexibility index (Phi) is 5.64. The number of rotatable bonds is 6. The number of alkyl halides is 3. The van der Waals surface area contributed by atoms with Crippen LogP contribution in [0.1, 0.15) is 11.7 Å². The number of aliphatic hydroxyl groups is 1. The maximum atomic E-state index is 12.9. The summed E-state index contributed by atoms with van der Waals surface area (Å²) in [6.07, 6.45) is -3.19. The fourth-order valence-corrected chi connectivity index (χ4v) is 1.99. The van der Waals surface area contributed by atoms with Gasteiger partial charge in [-0.15, -0.1) is 0 Å². The molecule has 2 N–H and O–H groups in total. The SMILES string of the molecule is O=C(N[C@H](CF)[C@H](O)c1ccc(-c2cccnn2)cc1)C(F)F. The number of nitrogens with one attached hydrogen (secondary N) is 1. The second kappa shape index (κ2) is 7.68. The Morgan fingerprint density at radius 2 is 1.91 bits per heavy atom. The van der Waals surface area contributed by atoms with E-state index in [1.54, 1.807) is 29.6 Å². The topological polar surface area (TPSA) is 75.1 Å². The van der Waals surface area contributed by atoms with Gasteiger partial charge in [0.25, 0.3) is 5.91 Å². The molecule has 2 atom stereocenters. The van der Waals surface area contributed by atoms with Crippen LogP contribution in [-0.2, 0) is 4.79 Å². The standard InChI is InChI=1S/C15H14F3N3O2/c16-8-12(20-15(23)14(17)18)13(22)10-5-3-9(4-6-10)11-2-1-7-19-21-11/h1-7,12-14,22H,8H2,(H,20,23)/t12-,13-/m1/s1. The van der Waals surface area contributed by atoms with Crippen molar-refractivity contribution < 1.29 is 23.1 Å². The van der Waals surface area contributed by atoms with Crippen molar-refractivity contribution >= 4 is 5.91 Å². The van der Waals surface area contributed by atoms with Gasteiger partial charge >= 0.3 is 6.43 Å². The summed E-state index contributed by atoms with van der Waals surface area (Å²) >= 11 is 0. The van der Waals surface area contributed by atoms with Crippen LogP contribution in [0.2, 0.25) is 0 Å². The normalized spacial score (nSPS) is 13.6. The number of nitrogens with zero attached hydrogens (tertiary/aromatic N) is 2. The molecule has 0 aliphatic heterocycles. The van der Waals surface area contributed by atoms with Crippen LogP contribution < -0.4 is 5.32 Å². The third-order valence-electron chi connectivity index (χ3n) is 3.19. The molecule has 1 aromatic carbocycles. The second-order valence-corrected chi connectivity index (χ2v) is 4.75. The summed E-state index contributed by atoms with van der Waals surface area (Å²) in [7, 11) is 0. The molecule has 1 amide bonds. The fraction of sp³-hybridized carbons (Fsp3) is 0.267. The Hall–Kier alpha value is -2.48. The van der Waals surface area contributed by atoms with E-state index in [-0.39, 0.29) is 5.56 Å². The molecule has 23 heavy (non-hydrogen) atoms. The number of carbonyl (C=O) groups is 1. The lowest BCUT2D eigenvalue weighted by Gasteiger charge is -2.21. The van der Waals surface area contributed by atoms with Gasteiger partial charge in [0.1, 0.15) is 12.8 Å². The van der Waals surface area contributed by atoms with Crippen molar-refractivity contribution in [2.24, 2.45) is 0 Å². The van der Waals surface area contributed by atoms with Crippen LogP contribution in [0.3, 0.4) is 0 Å². The summed E-state index contributed by atoms with van der Waals surface area (Å²) in [4.78, 5) is 10.9. The first-order valence-electron chi connectivity index (χ1n) is 6.73. The molecule has 2 aromatic rings. The first kappa shape index (κ1) is 16.9. The van der Waals surface area contributed by atoms with E-state index in [1.165, 1.54) is 18.3 Å². The molecule has 0 saturated heterocycles. The van der Waals surface area contributed by atoms with Crippen LogP contribution in [0.25, 0.3) is 11.3 Å². The van der Waals surface area contributed by atoms with Crippen LogP contribution in [0.5, 0.6) is 0 Å². The monoisotopic (exact) mass is 325 g/mol. The van der Waals surface area contributed by atoms with Crippen molar-refractivity contribution in [3.63, 3.8) is 0 Å². The van der Waals surface area contributed by atoms with Gasteiger partial charge in [0, 0.05) is 11.8 Å². The van der Waals surface area contributed by atoms with Gasteiger partial charge < -0.3 is 10.4 Å². The van der Waals surface area contributed by atoms with E-state index in [1.807, 2.05) is 0 Å². The molecule has 0 aliphatic carbocycles. The zero-order valence-corrected chi connectivity index (χ0v) is 11.9. The van der Waals surface area contributed by atoms with E-state index >= 15 is 0 Å². The molecule has 0 bridgehead atoms. The van der Waals surface area contributed by atoms with Crippen molar-refractivity contribution in [3.05, 3.63) is 48.2 Å². The van der Waals surface area contributed by atoms with Gasteiger partial charge in [0.2, 0.25) is 0 Å².